The topological polar surface area (TPSA) is 67.8 Å². The average molecular weight is 536 g/mol. The molecule has 0 aliphatic carbocycles. The molecule has 1 N–H and O–H groups in total. The molecule has 0 unspecified atom stereocenters. The number of rotatable bonds is 10. The number of aliphatic imine (C=N–C) groups is 1. The van der Waals surface area contributed by atoms with Gasteiger partial charge in [0.25, 0.3) is 0 Å². The zero-order valence-electron chi connectivity index (χ0n) is 18.9. The Balaban J connectivity index is 0.00000450. The lowest BCUT2D eigenvalue weighted by Crippen LogP contribution is -2.52. The summed E-state index contributed by atoms with van der Waals surface area (Å²) in [5.74, 6) is 2.98. The lowest BCUT2D eigenvalue weighted by Gasteiger charge is -2.36. The van der Waals surface area contributed by atoms with Gasteiger partial charge in [-0.05, 0) is 31.5 Å². The molecule has 0 aromatic heterocycles. The van der Waals surface area contributed by atoms with Crippen LogP contribution in [0.2, 0.25) is 0 Å². The van der Waals surface area contributed by atoms with Gasteiger partial charge in [-0.15, -0.1) is 24.0 Å². The van der Waals surface area contributed by atoms with Crippen LogP contribution in [0.1, 0.15) is 19.4 Å². The highest BCUT2D eigenvalue weighted by molar-refractivity contribution is 14.0. The van der Waals surface area contributed by atoms with Crippen LogP contribution in [0.25, 0.3) is 0 Å². The summed E-state index contributed by atoms with van der Waals surface area (Å²) in [7, 11) is 4.91. The van der Waals surface area contributed by atoms with Gasteiger partial charge >= 0.3 is 0 Å². The third-order valence-corrected chi connectivity index (χ3v) is 4.84. The van der Waals surface area contributed by atoms with E-state index in [1.54, 1.807) is 21.3 Å². The van der Waals surface area contributed by atoms with Crippen molar-refractivity contribution in [3.8, 4) is 17.2 Å². The Morgan fingerprint density at radius 1 is 1.00 bits per heavy atom. The van der Waals surface area contributed by atoms with Crippen LogP contribution in [-0.2, 0) is 11.3 Å². The third-order valence-electron chi connectivity index (χ3n) is 4.84. The van der Waals surface area contributed by atoms with Crippen LogP contribution in [0, 0.1) is 0 Å². The standard InChI is InChI=1S/C21H36N4O4.HI/c1-6-22-21(23-8-13-29-7-2)25-11-9-24(10-12-25)16-17-14-18(26-3)20(28-5)19(15-17)27-4;/h14-15H,6-13,16H2,1-5H3,(H,22,23);1H. The van der Waals surface area contributed by atoms with Crippen molar-refractivity contribution < 1.29 is 18.9 Å². The Morgan fingerprint density at radius 3 is 2.13 bits per heavy atom. The van der Waals surface area contributed by atoms with E-state index in [9.17, 15) is 0 Å². The van der Waals surface area contributed by atoms with Crippen molar-refractivity contribution in [2.75, 3.05) is 73.8 Å². The number of halogens is 1. The fourth-order valence-corrected chi connectivity index (χ4v) is 3.39. The monoisotopic (exact) mass is 536 g/mol. The van der Waals surface area contributed by atoms with Crippen molar-refractivity contribution in [3.63, 3.8) is 0 Å². The maximum Gasteiger partial charge on any atom is 0.203 e. The minimum Gasteiger partial charge on any atom is -0.493 e. The van der Waals surface area contributed by atoms with Gasteiger partial charge in [-0.1, -0.05) is 0 Å². The van der Waals surface area contributed by atoms with Gasteiger partial charge in [0, 0.05) is 45.9 Å². The van der Waals surface area contributed by atoms with E-state index >= 15 is 0 Å². The van der Waals surface area contributed by atoms with Gasteiger partial charge < -0.3 is 29.2 Å². The lowest BCUT2D eigenvalue weighted by molar-refractivity contribution is 0.154. The molecule has 30 heavy (non-hydrogen) atoms. The van der Waals surface area contributed by atoms with E-state index < -0.39 is 0 Å². The number of benzene rings is 1. The Hall–Kier alpha value is -1.46. The molecule has 1 aromatic rings. The largest absolute Gasteiger partial charge is 0.493 e. The first-order chi connectivity index (χ1) is 14.2. The molecule has 8 nitrogen and oxygen atoms in total. The van der Waals surface area contributed by atoms with Gasteiger partial charge in [0.15, 0.2) is 17.5 Å². The van der Waals surface area contributed by atoms with Crippen LogP contribution < -0.4 is 19.5 Å². The Morgan fingerprint density at radius 2 is 1.63 bits per heavy atom. The highest BCUT2D eigenvalue weighted by Gasteiger charge is 2.21. The summed E-state index contributed by atoms with van der Waals surface area (Å²) in [4.78, 5) is 9.44. The summed E-state index contributed by atoms with van der Waals surface area (Å²) >= 11 is 0. The number of ether oxygens (including phenoxy) is 4. The minimum absolute atomic E-state index is 0. The van der Waals surface area contributed by atoms with E-state index in [1.165, 1.54) is 0 Å². The minimum atomic E-state index is 0. The highest BCUT2D eigenvalue weighted by Crippen LogP contribution is 2.38. The van der Waals surface area contributed by atoms with E-state index in [1.807, 2.05) is 19.1 Å². The molecule has 1 aromatic carbocycles. The molecule has 2 rings (SSSR count). The summed E-state index contributed by atoms with van der Waals surface area (Å²) in [5, 5.41) is 3.39. The summed E-state index contributed by atoms with van der Waals surface area (Å²) in [6, 6.07) is 4.04. The highest BCUT2D eigenvalue weighted by atomic mass is 127. The lowest BCUT2D eigenvalue weighted by atomic mass is 10.1. The summed E-state index contributed by atoms with van der Waals surface area (Å²) in [5.41, 5.74) is 1.14. The Kier molecular flexibility index (Phi) is 12.9. The molecule has 0 saturated carbocycles. The molecule has 0 atom stereocenters. The van der Waals surface area contributed by atoms with Crippen LogP contribution in [0.15, 0.2) is 17.1 Å². The molecular weight excluding hydrogens is 499 g/mol. The van der Waals surface area contributed by atoms with Gasteiger partial charge in [-0.2, -0.15) is 0 Å². The Labute approximate surface area is 197 Å². The van der Waals surface area contributed by atoms with Crippen molar-refractivity contribution in [1.82, 2.24) is 15.1 Å². The van der Waals surface area contributed by atoms with Gasteiger partial charge in [-0.3, -0.25) is 9.89 Å². The predicted octanol–water partition coefficient (Wildman–Crippen LogP) is 2.45. The van der Waals surface area contributed by atoms with Crippen molar-refractivity contribution in [1.29, 1.82) is 0 Å². The number of hydrogen-bond donors (Lipinski definition) is 1. The molecule has 1 fully saturated rings. The van der Waals surface area contributed by atoms with E-state index in [0.29, 0.717) is 30.4 Å². The summed E-state index contributed by atoms with van der Waals surface area (Å²) in [6.07, 6.45) is 0. The van der Waals surface area contributed by atoms with E-state index in [0.717, 1.165) is 57.4 Å². The fraction of sp³-hybridized carbons (Fsp3) is 0.667. The van der Waals surface area contributed by atoms with E-state index in [4.69, 9.17) is 18.9 Å². The number of methoxy groups -OCH3 is 3. The van der Waals surface area contributed by atoms with Crippen LogP contribution in [-0.4, -0.2) is 89.6 Å². The zero-order chi connectivity index (χ0) is 21.1. The van der Waals surface area contributed by atoms with E-state index in [2.05, 4.69) is 27.0 Å². The fourth-order valence-electron chi connectivity index (χ4n) is 3.39. The first-order valence-electron chi connectivity index (χ1n) is 10.3. The molecule has 1 heterocycles. The number of hydrogen-bond acceptors (Lipinski definition) is 6. The molecule has 9 heteroatoms. The molecular formula is C21H37IN4O4. The van der Waals surface area contributed by atoms with Crippen LogP contribution in [0.3, 0.4) is 0 Å². The number of nitrogens with one attached hydrogen (secondary N) is 1. The first kappa shape index (κ1) is 26.6. The predicted molar refractivity (Wildman–Crippen MR) is 131 cm³/mol. The van der Waals surface area contributed by atoms with Crippen molar-refractivity contribution in [2.45, 2.75) is 20.4 Å². The second kappa shape index (κ2) is 14.5. The van der Waals surface area contributed by atoms with Crippen molar-refractivity contribution in [2.24, 2.45) is 4.99 Å². The van der Waals surface area contributed by atoms with Gasteiger partial charge in [0.05, 0.1) is 34.5 Å². The Bertz CT molecular complexity index is 627. The van der Waals surface area contributed by atoms with Crippen molar-refractivity contribution >= 4 is 29.9 Å². The summed E-state index contributed by atoms with van der Waals surface area (Å²) in [6.45, 7) is 11.7. The number of nitrogens with zero attached hydrogens (tertiary/aromatic N) is 3. The molecule has 1 saturated heterocycles. The SMILES string of the molecule is CCNC(=NCCOCC)N1CCN(Cc2cc(OC)c(OC)c(OC)c2)CC1.I. The molecule has 0 amide bonds. The summed E-state index contributed by atoms with van der Waals surface area (Å²) < 4.78 is 21.8. The van der Waals surface area contributed by atoms with E-state index in [-0.39, 0.29) is 24.0 Å². The maximum atomic E-state index is 5.47. The second-order valence-electron chi connectivity index (χ2n) is 6.73. The molecule has 172 valence electrons. The van der Waals surface area contributed by atoms with Gasteiger partial charge in [0.2, 0.25) is 5.75 Å². The van der Waals surface area contributed by atoms with Gasteiger partial charge in [-0.25, -0.2) is 0 Å². The third kappa shape index (κ3) is 7.66. The molecule has 0 bridgehead atoms. The zero-order valence-corrected chi connectivity index (χ0v) is 21.2. The smallest absolute Gasteiger partial charge is 0.203 e. The molecule has 1 aliphatic heterocycles. The maximum absolute atomic E-state index is 5.47. The average Bonchev–Trinajstić information content (AvgIpc) is 2.75. The second-order valence-corrected chi connectivity index (χ2v) is 6.73. The van der Waals surface area contributed by atoms with Crippen LogP contribution in [0.4, 0.5) is 0 Å². The van der Waals surface area contributed by atoms with Crippen molar-refractivity contribution in [3.05, 3.63) is 17.7 Å². The quantitative estimate of drug-likeness (QED) is 0.213. The first-order valence-corrected chi connectivity index (χ1v) is 10.3. The normalized spacial score (nSPS) is 14.8. The van der Waals surface area contributed by atoms with Gasteiger partial charge in [0.1, 0.15) is 0 Å². The van der Waals surface area contributed by atoms with Crippen LogP contribution >= 0.6 is 24.0 Å². The number of piperazine rings is 1. The molecule has 0 spiro atoms. The van der Waals surface area contributed by atoms with Crippen LogP contribution in [0.5, 0.6) is 17.2 Å². The molecule has 1 aliphatic rings. The number of guanidine groups is 1. The molecule has 0 radical (unpaired) electrons.